The number of nitrogens with one attached hydrogen (secondary N) is 10. The van der Waals surface area contributed by atoms with Crippen molar-refractivity contribution in [3.8, 4) is 0 Å². The highest BCUT2D eigenvalue weighted by atomic mass is 16.4. The first-order chi connectivity index (χ1) is 25.7. The van der Waals surface area contributed by atoms with Gasteiger partial charge in [-0.1, -0.05) is 0 Å². The number of carboxylic acid groups (broad SMARTS) is 1. The number of hydrogen-bond acceptors (Lipinski definition) is 12. The van der Waals surface area contributed by atoms with Crippen molar-refractivity contribution in [3.63, 3.8) is 0 Å². The monoisotopic (exact) mass is 799 g/mol. The summed E-state index contributed by atoms with van der Waals surface area (Å²) in [6, 6.07) is -12.4. The Morgan fingerprint density at radius 2 is 0.411 bits per heavy atom. The normalized spacial score (nSPS) is 16.6. The lowest BCUT2D eigenvalue weighted by molar-refractivity contribution is -0.141. The van der Waals surface area contributed by atoms with Crippen LogP contribution in [0.3, 0.4) is 0 Å². The van der Waals surface area contributed by atoms with Crippen molar-refractivity contribution < 1.29 is 57.8 Å². The summed E-state index contributed by atoms with van der Waals surface area (Å²) in [5.41, 5.74) is 5.46. The highest BCUT2D eigenvalue weighted by molar-refractivity contribution is 5.98. The largest absolute Gasteiger partial charge is 0.480 e. The molecule has 23 nitrogen and oxygen atoms in total. The molecule has 0 aliphatic rings. The van der Waals surface area contributed by atoms with Gasteiger partial charge < -0.3 is 64.0 Å². The molecule has 0 spiro atoms. The van der Waals surface area contributed by atoms with E-state index < -0.39 is 132 Å². The molecule has 13 N–H and O–H groups in total. The molecule has 0 aromatic rings. The average Bonchev–Trinajstić information content (AvgIpc) is 3.10. The number of carboxylic acids is 1. The molecule has 0 aliphatic heterocycles. The van der Waals surface area contributed by atoms with Crippen molar-refractivity contribution in [2.24, 2.45) is 5.73 Å². The molecule has 0 aromatic heterocycles. The Labute approximate surface area is 324 Å². The first-order valence-corrected chi connectivity index (χ1v) is 17.7. The molecule has 23 heteroatoms. The second kappa shape index (κ2) is 23.1. The topological polar surface area (TPSA) is 354 Å². The van der Waals surface area contributed by atoms with Crippen molar-refractivity contribution in [1.29, 1.82) is 0 Å². The Balaban J connectivity index is 4.88. The maximum Gasteiger partial charge on any atom is 0.325 e. The highest BCUT2D eigenvalue weighted by Gasteiger charge is 2.29. The van der Waals surface area contributed by atoms with E-state index in [1.54, 1.807) is 0 Å². The average molecular weight is 800 g/mol. The fraction of sp³-hybridized carbons (Fsp3) is 0.667. The van der Waals surface area contributed by atoms with Crippen molar-refractivity contribution >= 4 is 65.0 Å². The number of carbonyl (C=O) groups excluding carboxylic acids is 10. The molecule has 56 heavy (non-hydrogen) atoms. The van der Waals surface area contributed by atoms with Crippen LogP contribution < -0.4 is 58.9 Å². The van der Waals surface area contributed by atoms with Gasteiger partial charge in [0.2, 0.25) is 59.1 Å². The third kappa shape index (κ3) is 17.5. The molecule has 0 unspecified atom stereocenters. The molecule has 11 atom stereocenters. The SMILES string of the molecule is C[C@H](N)C(=O)N[C@@H](C)C(=O)N[C@@H](C)C(=O)N[C@@H](C)C(=O)N[C@@H](C)C(=O)N[C@@H](C)C(=O)N[C@@H](C)C(=O)N[C@@H](C)C(=O)N[C@@H](C)C(=O)N[C@H](C)C(=O)N[C@H](C)C(=O)O. The van der Waals surface area contributed by atoms with Crippen LogP contribution in [0.15, 0.2) is 0 Å². The Hall–Kier alpha value is -5.87. The molecule has 0 saturated carbocycles. The van der Waals surface area contributed by atoms with Crippen LogP contribution in [0.2, 0.25) is 0 Å². The van der Waals surface area contributed by atoms with E-state index in [4.69, 9.17) is 10.8 Å². The first kappa shape index (κ1) is 50.1. The second-order valence-corrected chi connectivity index (χ2v) is 13.4. The predicted octanol–water partition coefficient (Wildman–Crippen LogP) is -5.53. The van der Waals surface area contributed by atoms with Gasteiger partial charge >= 0.3 is 5.97 Å². The summed E-state index contributed by atoms with van der Waals surface area (Å²) in [7, 11) is 0. The summed E-state index contributed by atoms with van der Waals surface area (Å²) in [5.74, 6) is -8.68. The zero-order valence-electron chi connectivity index (χ0n) is 33.4. The minimum absolute atomic E-state index is 0.567. The fourth-order valence-corrected chi connectivity index (χ4v) is 4.04. The lowest BCUT2D eigenvalue weighted by atomic mass is 10.2. The van der Waals surface area contributed by atoms with Crippen LogP contribution in [-0.4, -0.2) is 137 Å². The van der Waals surface area contributed by atoms with Gasteiger partial charge in [-0.05, 0) is 76.2 Å². The van der Waals surface area contributed by atoms with Crippen LogP contribution >= 0.6 is 0 Å². The van der Waals surface area contributed by atoms with Gasteiger partial charge in [0, 0.05) is 0 Å². The number of hydrogen-bond donors (Lipinski definition) is 12. The summed E-state index contributed by atoms with van der Waals surface area (Å²) in [5, 5.41) is 32.5. The van der Waals surface area contributed by atoms with Crippen LogP contribution in [0.5, 0.6) is 0 Å². The smallest absolute Gasteiger partial charge is 0.325 e. The quantitative estimate of drug-likeness (QED) is 0.0516. The maximum absolute atomic E-state index is 12.7. The Bertz CT molecular complexity index is 1510. The molecular formula is C33H57N11O12. The van der Waals surface area contributed by atoms with Crippen molar-refractivity contribution in [2.45, 2.75) is 143 Å². The summed E-state index contributed by atoms with van der Waals surface area (Å²) < 4.78 is 0. The van der Waals surface area contributed by atoms with Crippen LogP contribution in [0.1, 0.15) is 76.2 Å². The van der Waals surface area contributed by atoms with E-state index in [1.165, 1.54) is 76.2 Å². The minimum Gasteiger partial charge on any atom is -0.480 e. The number of rotatable bonds is 21. The maximum atomic E-state index is 12.7. The number of carbonyl (C=O) groups is 11. The van der Waals surface area contributed by atoms with E-state index in [2.05, 4.69) is 53.2 Å². The highest BCUT2D eigenvalue weighted by Crippen LogP contribution is 1.97. The number of amides is 10. The van der Waals surface area contributed by atoms with Crippen LogP contribution in [0.25, 0.3) is 0 Å². The van der Waals surface area contributed by atoms with E-state index in [1.807, 2.05) is 0 Å². The van der Waals surface area contributed by atoms with E-state index in [9.17, 15) is 52.7 Å². The summed E-state index contributed by atoms with van der Waals surface area (Å²) in [4.78, 5) is 135. The van der Waals surface area contributed by atoms with E-state index in [0.29, 0.717) is 0 Å². The van der Waals surface area contributed by atoms with Gasteiger partial charge in [-0.15, -0.1) is 0 Å². The summed E-state index contributed by atoms with van der Waals surface area (Å²) >= 11 is 0. The molecule has 0 rings (SSSR count). The van der Waals surface area contributed by atoms with Gasteiger partial charge in [0.05, 0.1) is 6.04 Å². The molecule has 0 fully saturated rings. The van der Waals surface area contributed by atoms with Crippen molar-refractivity contribution in [2.75, 3.05) is 0 Å². The molecule has 0 radical (unpaired) electrons. The molecule has 0 bridgehead atoms. The van der Waals surface area contributed by atoms with Crippen LogP contribution in [-0.2, 0) is 52.7 Å². The number of aliphatic carboxylic acids is 1. The lowest BCUT2D eigenvalue weighted by Gasteiger charge is -2.23. The summed E-state index contributed by atoms with van der Waals surface area (Å²) in [6.45, 7) is 14.7. The van der Waals surface area contributed by atoms with Gasteiger partial charge in [0.25, 0.3) is 0 Å². The van der Waals surface area contributed by atoms with Gasteiger partial charge in [0.1, 0.15) is 60.4 Å². The Kier molecular flexibility index (Phi) is 20.7. The van der Waals surface area contributed by atoms with E-state index in [0.717, 1.165) is 0 Å². The van der Waals surface area contributed by atoms with Crippen molar-refractivity contribution in [1.82, 2.24) is 53.2 Å². The van der Waals surface area contributed by atoms with Gasteiger partial charge in [-0.3, -0.25) is 52.7 Å². The zero-order valence-corrected chi connectivity index (χ0v) is 33.4. The number of nitrogens with two attached hydrogens (primary N) is 1. The van der Waals surface area contributed by atoms with Crippen molar-refractivity contribution in [3.05, 3.63) is 0 Å². The molecule has 10 amide bonds. The first-order valence-electron chi connectivity index (χ1n) is 17.7. The Morgan fingerprint density at radius 3 is 0.536 bits per heavy atom. The molecule has 0 saturated heterocycles. The summed E-state index contributed by atoms with van der Waals surface area (Å²) in [6.07, 6.45) is 0. The third-order valence-electron chi connectivity index (χ3n) is 7.91. The second-order valence-electron chi connectivity index (χ2n) is 13.4. The van der Waals surface area contributed by atoms with E-state index in [-0.39, 0.29) is 0 Å². The lowest BCUT2D eigenvalue weighted by Crippen LogP contribution is -2.58. The molecule has 0 aliphatic carbocycles. The molecule has 316 valence electrons. The molecule has 0 aromatic carbocycles. The molecule has 0 heterocycles. The van der Waals surface area contributed by atoms with Crippen LogP contribution in [0.4, 0.5) is 0 Å². The zero-order chi connectivity index (χ0) is 43.8. The third-order valence-corrected chi connectivity index (χ3v) is 7.91. The van der Waals surface area contributed by atoms with E-state index >= 15 is 0 Å². The van der Waals surface area contributed by atoms with Gasteiger partial charge in [-0.2, -0.15) is 0 Å². The molecular weight excluding hydrogens is 742 g/mol. The predicted molar refractivity (Wildman–Crippen MR) is 197 cm³/mol. The Morgan fingerprint density at radius 1 is 0.286 bits per heavy atom. The van der Waals surface area contributed by atoms with Gasteiger partial charge in [0.15, 0.2) is 0 Å². The minimum atomic E-state index is -1.27. The standard InChI is InChI=1S/C33H57N11O12/c1-12(34)23(45)35-13(2)24(46)36-14(3)25(47)37-15(4)26(48)38-16(5)27(49)39-17(6)28(50)40-18(7)29(51)41-19(8)30(52)42-20(9)31(53)43-21(10)32(54)44-22(11)33(55)56/h12-22H,34H2,1-11H3,(H,35,45)(H,36,46)(H,37,47)(H,38,48)(H,39,49)(H,40,50)(H,41,51)(H,42,52)(H,43,53)(H,44,54)(H,55,56)/t12-,13-,14-,15-,16-,17-,18-,19-,20-,21+,22+/m0/s1. The fourth-order valence-electron chi connectivity index (χ4n) is 4.04. The van der Waals surface area contributed by atoms with Crippen LogP contribution in [0, 0.1) is 0 Å². The van der Waals surface area contributed by atoms with Gasteiger partial charge in [-0.25, -0.2) is 0 Å².